The lowest BCUT2D eigenvalue weighted by atomic mass is 9.93. The molecule has 1 atom stereocenters. The SMILES string of the molecule is Cc1ccc(C)c(/C(O)=C2\C(=O)C(=O)N(C3CCCC3)C2c2ccc(F)cc2)c1. The Morgan fingerprint density at radius 3 is 2.34 bits per heavy atom. The summed E-state index contributed by atoms with van der Waals surface area (Å²) in [4.78, 5) is 27.7. The smallest absolute Gasteiger partial charge is 0.295 e. The van der Waals surface area contributed by atoms with Gasteiger partial charge in [0.2, 0.25) is 0 Å². The summed E-state index contributed by atoms with van der Waals surface area (Å²) in [5, 5.41) is 11.2. The lowest BCUT2D eigenvalue weighted by Gasteiger charge is -2.30. The average molecular weight is 393 g/mol. The number of carbonyl (C=O) groups is 2. The number of halogens is 1. The highest BCUT2D eigenvalue weighted by Gasteiger charge is 2.49. The molecule has 1 N–H and O–H groups in total. The monoisotopic (exact) mass is 393 g/mol. The van der Waals surface area contributed by atoms with Gasteiger partial charge in [0.05, 0.1) is 11.6 Å². The van der Waals surface area contributed by atoms with Crippen molar-refractivity contribution >= 4 is 17.4 Å². The number of ketones is 1. The highest BCUT2D eigenvalue weighted by atomic mass is 19.1. The van der Waals surface area contributed by atoms with Crippen LogP contribution in [-0.4, -0.2) is 27.7 Å². The molecule has 2 aromatic carbocycles. The third-order valence-electron chi connectivity index (χ3n) is 6.03. The minimum Gasteiger partial charge on any atom is -0.507 e. The molecule has 2 fully saturated rings. The molecule has 0 aromatic heterocycles. The highest BCUT2D eigenvalue weighted by Crippen LogP contribution is 2.43. The fourth-order valence-corrected chi connectivity index (χ4v) is 4.52. The van der Waals surface area contributed by atoms with Crippen LogP contribution in [0.15, 0.2) is 48.0 Å². The van der Waals surface area contributed by atoms with E-state index in [-0.39, 0.29) is 23.2 Å². The second kappa shape index (κ2) is 7.47. The number of benzene rings is 2. The van der Waals surface area contributed by atoms with E-state index < -0.39 is 17.7 Å². The number of aliphatic hydroxyl groups is 1. The first kappa shape index (κ1) is 19.4. The van der Waals surface area contributed by atoms with Crippen molar-refractivity contribution in [2.75, 3.05) is 0 Å². The Morgan fingerprint density at radius 2 is 1.69 bits per heavy atom. The topological polar surface area (TPSA) is 57.6 Å². The van der Waals surface area contributed by atoms with Gasteiger partial charge in [0.25, 0.3) is 11.7 Å². The molecule has 2 aliphatic rings. The minimum atomic E-state index is -0.710. The highest BCUT2D eigenvalue weighted by molar-refractivity contribution is 6.46. The quantitative estimate of drug-likeness (QED) is 0.463. The minimum absolute atomic E-state index is 0.0505. The van der Waals surface area contributed by atoms with Crippen molar-refractivity contribution in [1.82, 2.24) is 4.90 Å². The summed E-state index contributed by atoms with van der Waals surface area (Å²) < 4.78 is 13.5. The van der Waals surface area contributed by atoms with Crippen LogP contribution in [0.3, 0.4) is 0 Å². The number of carbonyl (C=O) groups excluding carboxylic acids is 2. The summed E-state index contributed by atoms with van der Waals surface area (Å²) in [7, 11) is 0. The molecule has 1 saturated heterocycles. The van der Waals surface area contributed by atoms with Crippen molar-refractivity contribution < 1.29 is 19.1 Å². The van der Waals surface area contributed by atoms with Gasteiger partial charge in [-0.15, -0.1) is 0 Å². The van der Waals surface area contributed by atoms with Crippen molar-refractivity contribution in [3.63, 3.8) is 0 Å². The first-order valence-corrected chi connectivity index (χ1v) is 10.0. The van der Waals surface area contributed by atoms with Crippen LogP contribution < -0.4 is 0 Å². The summed E-state index contributed by atoms with van der Waals surface area (Å²) >= 11 is 0. The number of aryl methyl sites for hydroxylation is 2. The molecule has 0 radical (unpaired) electrons. The van der Waals surface area contributed by atoms with E-state index in [1.54, 1.807) is 17.0 Å². The van der Waals surface area contributed by atoms with E-state index in [0.29, 0.717) is 11.1 Å². The van der Waals surface area contributed by atoms with Crippen LogP contribution in [0.5, 0.6) is 0 Å². The summed E-state index contributed by atoms with van der Waals surface area (Å²) in [6.45, 7) is 3.76. The number of rotatable bonds is 3. The van der Waals surface area contributed by atoms with Crippen molar-refractivity contribution in [1.29, 1.82) is 0 Å². The van der Waals surface area contributed by atoms with E-state index >= 15 is 0 Å². The molecule has 1 saturated carbocycles. The van der Waals surface area contributed by atoms with Crippen molar-refractivity contribution in [2.24, 2.45) is 0 Å². The van der Waals surface area contributed by atoms with Gasteiger partial charge in [-0.2, -0.15) is 0 Å². The molecule has 29 heavy (non-hydrogen) atoms. The van der Waals surface area contributed by atoms with E-state index in [0.717, 1.165) is 36.8 Å². The van der Waals surface area contributed by atoms with Crippen LogP contribution >= 0.6 is 0 Å². The van der Waals surface area contributed by atoms with E-state index in [1.807, 2.05) is 32.0 Å². The van der Waals surface area contributed by atoms with Crippen molar-refractivity contribution in [3.8, 4) is 0 Å². The summed E-state index contributed by atoms with van der Waals surface area (Å²) in [6, 6.07) is 10.7. The normalized spacial score (nSPS) is 21.9. The molecule has 0 bridgehead atoms. The van der Waals surface area contributed by atoms with Crippen LogP contribution in [0.4, 0.5) is 4.39 Å². The molecule has 4 nitrogen and oxygen atoms in total. The zero-order chi connectivity index (χ0) is 20.7. The van der Waals surface area contributed by atoms with Gasteiger partial charge in [0, 0.05) is 11.6 Å². The molecule has 1 aliphatic carbocycles. The summed E-state index contributed by atoms with van der Waals surface area (Å²) in [5.74, 6) is -1.82. The molecule has 150 valence electrons. The standard InChI is InChI=1S/C24H24FNO3/c1-14-7-8-15(2)19(13-14)22(27)20-21(16-9-11-17(25)12-10-16)26(24(29)23(20)28)18-5-3-4-6-18/h7-13,18,21,27H,3-6H2,1-2H3/b22-20+. The average Bonchev–Trinajstić information content (AvgIpc) is 3.31. The molecule has 1 heterocycles. The summed E-state index contributed by atoms with van der Waals surface area (Å²) in [5.41, 5.74) is 3.02. The molecule has 0 spiro atoms. The fourth-order valence-electron chi connectivity index (χ4n) is 4.52. The number of aliphatic hydroxyl groups excluding tert-OH is 1. The zero-order valence-corrected chi connectivity index (χ0v) is 16.6. The third kappa shape index (κ3) is 3.35. The van der Waals surface area contributed by atoms with Crippen LogP contribution in [0.2, 0.25) is 0 Å². The Labute approximate surface area is 169 Å². The lowest BCUT2D eigenvalue weighted by molar-refractivity contribution is -0.141. The summed E-state index contributed by atoms with van der Waals surface area (Å²) in [6.07, 6.45) is 3.66. The third-order valence-corrected chi connectivity index (χ3v) is 6.03. The fraction of sp³-hybridized carbons (Fsp3) is 0.333. The first-order valence-electron chi connectivity index (χ1n) is 10.0. The van der Waals surface area contributed by atoms with Crippen molar-refractivity contribution in [3.05, 3.63) is 76.1 Å². The molecule has 5 heteroatoms. The number of hydrogen-bond donors (Lipinski definition) is 1. The lowest BCUT2D eigenvalue weighted by Crippen LogP contribution is -2.37. The van der Waals surface area contributed by atoms with Crippen LogP contribution in [0, 0.1) is 19.7 Å². The van der Waals surface area contributed by atoms with E-state index in [9.17, 15) is 19.1 Å². The number of likely N-dealkylation sites (tertiary alicyclic amines) is 1. The Hall–Kier alpha value is -2.95. The Balaban J connectivity index is 1.92. The van der Waals surface area contributed by atoms with E-state index in [4.69, 9.17) is 0 Å². The molecular weight excluding hydrogens is 369 g/mol. The number of Topliss-reactive ketones (excluding diaryl/α,β-unsaturated/α-hetero) is 1. The number of amides is 1. The maximum Gasteiger partial charge on any atom is 0.295 e. The molecule has 4 rings (SSSR count). The predicted octanol–water partition coefficient (Wildman–Crippen LogP) is 4.81. The first-order chi connectivity index (χ1) is 13.9. The predicted molar refractivity (Wildman–Crippen MR) is 109 cm³/mol. The van der Waals surface area contributed by atoms with Crippen LogP contribution in [0.25, 0.3) is 5.76 Å². The van der Waals surface area contributed by atoms with E-state index in [2.05, 4.69) is 0 Å². The van der Waals surface area contributed by atoms with Crippen molar-refractivity contribution in [2.45, 2.75) is 51.6 Å². The largest absolute Gasteiger partial charge is 0.507 e. The van der Waals surface area contributed by atoms with Gasteiger partial charge < -0.3 is 10.0 Å². The molecular formula is C24H24FNO3. The van der Waals surface area contributed by atoms with Crippen LogP contribution in [0.1, 0.15) is 54.0 Å². The molecule has 1 aliphatic heterocycles. The Morgan fingerprint density at radius 1 is 1.03 bits per heavy atom. The Bertz CT molecular complexity index is 1000. The van der Waals surface area contributed by atoms with E-state index in [1.165, 1.54) is 12.1 Å². The van der Waals surface area contributed by atoms with Gasteiger partial charge in [-0.1, -0.05) is 42.7 Å². The second-order valence-electron chi connectivity index (χ2n) is 8.01. The maximum atomic E-state index is 13.5. The van der Waals surface area contributed by atoms with Gasteiger partial charge in [-0.25, -0.2) is 4.39 Å². The van der Waals surface area contributed by atoms with Gasteiger partial charge in [-0.05, 0) is 56.0 Å². The zero-order valence-electron chi connectivity index (χ0n) is 16.6. The van der Waals surface area contributed by atoms with Gasteiger partial charge in [0.15, 0.2) is 0 Å². The number of nitrogens with zero attached hydrogens (tertiary/aromatic N) is 1. The van der Waals surface area contributed by atoms with Gasteiger partial charge >= 0.3 is 0 Å². The molecule has 1 unspecified atom stereocenters. The molecule has 2 aromatic rings. The maximum absolute atomic E-state index is 13.5. The second-order valence-corrected chi connectivity index (χ2v) is 8.01. The molecule has 1 amide bonds. The Kier molecular flexibility index (Phi) is 4.99. The number of hydrogen-bond acceptors (Lipinski definition) is 3. The van der Waals surface area contributed by atoms with Crippen LogP contribution in [-0.2, 0) is 9.59 Å². The van der Waals surface area contributed by atoms with Gasteiger partial charge in [-0.3, -0.25) is 9.59 Å². The van der Waals surface area contributed by atoms with Gasteiger partial charge in [0.1, 0.15) is 11.6 Å².